The van der Waals surface area contributed by atoms with Crippen LogP contribution in [-0.4, -0.2) is 53.4 Å². The molecule has 0 bridgehead atoms. The molecule has 12 nitrogen and oxygen atoms in total. The summed E-state index contributed by atoms with van der Waals surface area (Å²) in [5, 5.41) is 5.88. The largest absolute Gasteiger partial charge is 0.497 e. The van der Waals surface area contributed by atoms with E-state index in [1.807, 2.05) is 46.9 Å². The lowest BCUT2D eigenvalue weighted by atomic mass is 10.2. The van der Waals surface area contributed by atoms with Gasteiger partial charge in [0.2, 0.25) is 10.0 Å². The van der Waals surface area contributed by atoms with Crippen LogP contribution in [0.2, 0.25) is 0 Å². The molecule has 4 aromatic carbocycles. The highest BCUT2D eigenvalue weighted by molar-refractivity contribution is 14.1. The molecule has 1 aliphatic rings. The number of hydrogen-bond donors (Lipinski definition) is 2. The van der Waals surface area contributed by atoms with Crippen molar-refractivity contribution in [3.05, 3.63) is 111 Å². The molecule has 47 heavy (non-hydrogen) atoms. The number of rotatable bonds is 13. The Balaban J connectivity index is 1.58. The van der Waals surface area contributed by atoms with Gasteiger partial charge in [0.15, 0.2) is 5.84 Å². The zero-order valence-electron chi connectivity index (χ0n) is 25.5. The van der Waals surface area contributed by atoms with Gasteiger partial charge in [-0.15, -0.1) is 10.2 Å². The molecule has 0 amide bonds. The summed E-state index contributed by atoms with van der Waals surface area (Å²) in [7, 11) is 1.42. The molecule has 0 fully saturated rings. The Morgan fingerprint density at radius 3 is 1.66 bits per heavy atom. The second-order valence-corrected chi connectivity index (χ2v) is 15.8. The van der Waals surface area contributed by atoms with Crippen molar-refractivity contribution in [3.63, 3.8) is 0 Å². The number of methoxy groups -OCH3 is 3. The summed E-state index contributed by atoms with van der Waals surface area (Å²) in [4.78, 5) is -1.07. The molecule has 0 saturated heterocycles. The van der Waals surface area contributed by atoms with Gasteiger partial charge in [0.05, 0.1) is 33.4 Å². The lowest BCUT2D eigenvalue weighted by molar-refractivity contribution is 0.170. The van der Waals surface area contributed by atoms with Crippen LogP contribution in [0.4, 0.5) is 0 Å². The summed E-state index contributed by atoms with van der Waals surface area (Å²) in [6, 6.07) is 23.9. The summed E-state index contributed by atoms with van der Waals surface area (Å²) in [6.07, 6.45) is 0. The van der Waals surface area contributed by atoms with Crippen LogP contribution >= 0.6 is 33.3 Å². The first-order chi connectivity index (χ1) is 22.4. The number of amidine groups is 1. The van der Waals surface area contributed by atoms with Gasteiger partial charge in [-0.05, 0) is 87.8 Å². The molecule has 0 radical (unpaired) electrons. The molecule has 2 N–H and O–H groups in total. The monoisotopic (exact) mass is 811 g/mol. The van der Waals surface area contributed by atoms with Crippen LogP contribution in [0.1, 0.15) is 22.3 Å². The van der Waals surface area contributed by atoms with Crippen molar-refractivity contribution in [2.75, 3.05) is 21.3 Å². The van der Waals surface area contributed by atoms with Crippen LogP contribution in [0.3, 0.4) is 0 Å². The van der Waals surface area contributed by atoms with Gasteiger partial charge >= 0.3 is 0 Å². The van der Waals surface area contributed by atoms with Crippen LogP contribution in [-0.2, 0) is 38.7 Å². The molecule has 0 aromatic heterocycles. The second kappa shape index (κ2) is 14.7. The van der Waals surface area contributed by atoms with Gasteiger partial charge in [0, 0.05) is 27.3 Å². The molecule has 0 spiro atoms. The standard InChI is InChI=1S/C31H31ClIN5O7S2/c1-43-24-10-4-21(5-11-24)18-37(19-22-6-12-25(44-2)13-7-22)47(41,42)30-28(46(32,39)40)17-16-27(33)29(30)31-34-36-38(35-31)20-23-8-14-26(45-3)15-9-23/h4-17,36H,18-20H2,1-3H3,(H,34,35). The van der Waals surface area contributed by atoms with Gasteiger partial charge in [0.25, 0.3) is 9.05 Å². The molecule has 248 valence electrons. The van der Waals surface area contributed by atoms with E-state index in [9.17, 15) is 16.8 Å². The topological polar surface area (TPSA) is 139 Å². The summed E-state index contributed by atoms with van der Waals surface area (Å²) in [5.74, 6) is 2.00. The summed E-state index contributed by atoms with van der Waals surface area (Å²) >= 11 is 1.96. The molecule has 0 atom stereocenters. The SMILES string of the molecule is COc1ccc(CN2NN=C(c3c(I)ccc(S(=O)(=O)Cl)c3S(=O)(=O)N(Cc3ccc(OC)cc3)Cc3ccc(OC)cc3)N2)cc1. The predicted octanol–water partition coefficient (Wildman–Crippen LogP) is 4.82. The predicted molar refractivity (Wildman–Crippen MR) is 186 cm³/mol. The second-order valence-electron chi connectivity index (χ2n) is 10.3. The van der Waals surface area contributed by atoms with E-state index in [4.69, 9.17) is 24.9 Å². The van der Waals surface area contributed by atoms with E-state index in [1.54, 1.807) is 55.6 Å². The van der Waals surface area contributed by atoms with Crippen molar-refractivity contribution in [2.24, 2.45) is 5.10 Å². The Hall–Kier alpha value is -3.61. The Kier molecular flexibility index (Phi) is 10.8. The van der Waals surface area contributed by atoms with Crippen LogP contribution in [0.15, 0.2) is 99.8 Å². The molecule has 0 aliphatic carbocycles. The number of sulfonamides is 1. The molecule has 4 aromatic rings. The smallest absolute Gasteiger partial charge is 0.262 e. The van der Waals surface area contributed by atoms with E-state index in [0.29, 0.717) is 38.5 Å². The number of nitrogens with zero attached hydrogens (tertiary/aromatic N) is 3. The maximum atomic E-state index is 14.8. The zero-order valence-corrected chi connectivity index (χ0v) is 30.0. The number of halogens is 2. The van der Waals surface area contributed by atoms with Crippen molar-refractivity contribution in [2.45, 2.75) is 29.4 Å². The number of hydrogen-bond acceptors (Lipinski definition) is 11. The van der Waals surface area contributed by atoms with Crippen molar-refractivity contribution in [3.8, 4) is 17.2 Å². The van der Waals surface area contributed by atoms with Gasteiger partial charge < -0.3 is 14.2 Å². The first-order valence-electron chi connectivity index (χ1n) is 14.0. The summed E-state index contributed by atoms with van der Waals surface area (Å²) in [6.45, 7) is 0.143. The first-order valence-corrected chi connectivity index (χ1v) is 18.8. The van der Waals surface area contributed by atoms with Crippen molar-refractivity contribution >= 4 is 58.2 Å². The number of benzene rings is 4. The van der Waals surface area contributed by atoms with Crippen molar-refractivity contribution in [1.82, 2.24) is 20.4 Å². The van der Waals surface area contributed by atoms with Crippen molar-refractivity contribution < 1.29 is 31.0 Å². The van der Waals surface area contributed by atoms with Crippen LogP contribution in [0.25, 0.3) is 0 Å². The van der Waals surface area contributed by atoms with E-state index in [0.717, 1.165) is 5.56 Å². The first kappa shape index (κ1) is 34.7. The third-order valence-electron chi connectivity index (χ3n) is 7.23. The van der Waals surface area contributed by atoms with E-state index in [-0.39, 0.29) is 24.5 Å². The molecule has 5 rings (SSSR count). The fraction of sp³-hybridized carbons (Fsp3) is 0.194. The Morgan fingerprint density at radius 1 is 0.745 bits per heavy atom. The molecular formula is C31H31ClIN5O7S2. The third kappa shape index (κ3) is 8.10. The highest BCUT2D eigenvalue weighted by Gasteiger charge is 2.37. The maximum Gasteiger partial charge on any atom is 0.262 e. The zero-order chi connectivity index (χ0) is 33.8. The minimum absolute atomic E-state index is 0.0477. The number of hydrazone groups is 1. The van der Waals surface area contributed by atoms with Crippen LogP contribution in [0, 0.1) is 3.57 Å². The minimum Gasteiger partial charge on any atom is -0.497 e. The molecule has 0 saturated carbocycles. The van der Waals surface area contributed by atoms with E-state index in [1.165, 1.54) is 35.8 Å². The normalized spacial score (nSPS) is 13.5. The molecular weight excluding hydrogens is 781 g/mol. The van der Waals surface area contributed by atoms with E-state index < -0.39 is 28.9 Å². The van der Waals surface area contributed by atoms with E-state index in [2.05, 4.69) is 16.1 Å². The summed E-state index contributed by atoms with van der Waals surface area (Å²) in [5.41, 5.74) is 8.14. The van der Waals surface area contributed by atoms with E-state index >= 15 is 0 Å². The highest BCUT2D eigenvalue weighted by atomic mass is 127. The Morgan fingerprint density at radius 2 is 1.21 bits per heavy atom. The number of hydrazine groups is 2. The number of nitrogens with one attached hydrogen (secondary N) is 2. The fourth-order valence-corrected chi connectivity index (χ4v) is 9.11. The molecule has 16 heteroatoms. The molecule has 1 heterocycles. The lowest BCUT2D eigenvalue weighted by Gasteiger charge is -2.26. The van der Waals surface area contributed by atoms with Crippen molar-refractivity contribution in [1.29, 1.82) is 0 Å². The Labute approximate surface area is 291 Å². The fourth-order valence-electron chi connectivity index (χ4n) is 4.82. The van der Waals surface area contributed by atoms with Gasteiger partial charge in [-0.25, -0.2) is 22.4 Å². The molecule has 1 aliphatic heterocycles. The maximum absolute atomic E-state index is 14.8. The average Bonchev–Trinajstić information content (AvgIpc) is 3.52. The molecule has 0 unspecified atom stereocenters. The highest BCUT2D eigenvalue weighted by Crippen LogP contribution is 2.35. The van der Waals surface area contributed by atoms with Crippen LogP contribution < -0.4 is 25.2 Å². The lowest BCUT2D eigenvalue weighted by Crippen LogP contribution is -2.41. The van der Waals surface area contributed by atoms with Gasteiger partial charge in [0.1, 0.15) is 27.0 Å². The quantitative estimate of drug-likeness (QED) is 0.143. The average molecular weight is 812 g/mol. The van der Waals surface area contributed by atoms with Gasteiger partial charge in [-0.1, -0.05) is 36.4 Å². The Bertz CT molecular complexity index is 1930. The third-order valence-corrected chi connectivity index (χ3v) is 11.5. The minimum atomic E-state index is -4.60. The van der Waals surface area contributed by atoms with Gasteiger partial charge in [-0.3, -0.25) is 5.43 Å². The van der Waals surface area contributed by atoms with Crippen LogP contribution in [0.5, 0.6) is 17.2 Å². The summed E-state index contributed by atoms with van der Waals surface area (Å²) < 4.78 is 73.0. The number of ether oxygens (including phenoxy) is 3. The van der Waals surface area contributed by atoms with Gasteiger partial charge in [-0.2, -0.15) is 4.31 Å².